The third-order valence-corrected chi connectivity index (χ3v) is 16.2. The number of carboxylic acid groups (broad SMARTS) is 1. The first-order valence-corrected chi connectivity index (χ1v) is 27.8. The van der Waals surface area contributed by atoms with Crippen molar-refractivity contribution in [2.75, 3.05) is 56.4 Å². The molecule has 0 atom stereocenters. The van der Waals surface area contributed by atoms with E-state index in [1.165, 1.54) is 58.5 Å². The van der Waals surface area contributed by atoms with Gasteiger partial charge in [-0.3, -0.25) is 27.0 Å². The number of amides is 2. The maximum atomic E-state index is 14.6. The molecular formula is C55H43F2LiN10O13S2. The van der Waals surface area contributed by atoms with Gasteiger partial charge >= 0.3 is 30.8 Å². The summed E-state index contributed by atoms with van der Waals surface area (Å²) in [5.74, 6) is -5.32. The Kier molecular flexibility index (Phi) is 15.0. The van der Waals surface area contributed by atoms with Crippen molar-refractivity contribution >= 4 is 132 Å². The zero-order valence-corrected chi connectivity index (χ0v) is 46.6. The molecule has 0 aliphatic rings. The number of carbonyl (C=O) groups excluding carboxylic acids is 3. The summed E-state index contributed by atoms with van der Waals surface area (Å²) in [5.41, 5.74) is 5.73. The van der Waals surface area contributed by atoms with Crippen LogP contribution in [0.15, 0.2) is 119 Å². The van der Waals surface area contributed by atoms with E-state index in [0.717, 1.165) is 28.2 Å². The predicted molar refractivity (Wildman–Crippen MR) is 300 cm³/mol. The molecule has 0 saturated heterocycles. The van der Waals surface area contributed by atoms with Crippen LogP contribution in [0.5, 0.6) is 0 Å². The van der Waals surface area contributed by atoms with Crippen molar-refractivity contribution in [3.05, 3.63) is 144 Å². The van der Waals surface area contributed by atoms with Crippen LogP contribution in [0.1, 0.15) is 41.8 Å². The van der Waals surface area contributed by atoms with E-state index in [1.807, 2.05) is 0 Å². The average molecular weight is 1160 g/mol. The molecule has 12 rings (SSSR count). The minimum Gasteiger partial charge on any atom is -0.870 e. The van der Waals surface area contributed by atoms with Gasteiger partial charge in [0.1, 0.15) is 57.6 Å². The fourth-order valence-corrected chi connectivity index (χ4v) is 10.7. The van der Waals surface area contributed by atoms with Crippen LogP contribution in [0.2, 0.25) is 0 Å². The van der Waals surface area contributed by atoms with Crippen molar-refractivity contribution in [2.45, 2.75) is 0 Å². The Balaban J connectivity index is 0.000000195. The van der Waals surface area contributed by atoms with E-state index in [1.54, 1.807) is 88.2 Å². The second-order valence-corrected chi connectivity index (χ2v) is 22.5. The van der Waals surface area contributed by atoms with Gasteiger partial charge in [-0.05, 0) is 72.8 Å². The second kappa shape index (κ2) is 21.4. The van der Waals surface area contributed by atoms with E-state index < -0.39 is 55.4 Å². The second-order valence-electron chi connectivity index (χ2n) is 18.5. The molecule has 28 heteroatoms. The Hall–Kier alpha value is -9.52. The number of anilines is 2. The maximum absolute atomic E-state index is 14.6. The largest absolute Gasteiger partial charge is 1.00 e. The van der Waals surface area contributed by atoms with Crippen LogP contribution in [0.25, 0.3) is 99.4 Å². The Morgan fingerprint density at radius 3 is 1.40 bits per heavy atom. The van der Waals surface area contributed by atoms with Crippen LogP contribution in [-0.2, 0) is 24.8 Å². The van der Waals surface area contributed by atoms with E-state index in [9.17, 15) is 49.9 Å². The van der Waals surface area contributed by atoms with Crippen LogP contribution in [0, 0.1) is 11.6 Å². The Morgan fingerprint density at radius 1 is 0.602 bits per heavy atom. The third kappa shape index (κ3) is 9.72. The molecule has 2 amide bonds. The molecule has 4 N–H and O–H groups in total. The molecule has 0 aliphatic carbocycles. The number of fused-ring (bicyclic) bond motifs is 12. The van der Waals surface area contributed by atoms with Gasteiger partial charge in [-0.15, -0.1) is 0 Å². The summed E-state index contributed by atoms with van der Waals surface area (Å²) in [6.45, 7) is 0. The number of halogens is 2. The van der Waals surface area contributed by atoms with Gasteiger partial charge in [0.15, 0.2) is 0 Å². The number of nitrogens with one attached hydrogen (secondary N) is 2. The number of carbonyl (C=O) groups is 4. The van der Waals surface area contributed by atoms with E-state index in [4.69, 9.17) is 23.5 Å². The number of rotatable bonds is 10. The Bertz CT molecular complexity index is 4990. The molecule has 418 valence electrons. The summed E-state index contributed by atoms with van der Waals surface area (Å²) in [7, 11) is -0.930. The molecule has 12 aromatic rings. The molecule has 83 heavy (non-hydrogen) atoms. The third-order valence-electron chi connectivity index (χ3n) is 13.8. The number of nitrogens with zero attached hydrogens (tertiary/aromatic N) is 8. The molecule has 0 fully saturated rings. The molecule has 0 bridgehead atoms. The summed E-state index contributed by atoms with van der Waals surface area (Å²) in [6.07, 6.45) is 5.22. The molecule has 4 aromatic carbocycles. The number of furan rings is 2. The van der Waals surface area contributed by atoms with Gasteiger partial charge in [-0.25, -0.2) is 55.1 Å². The molecule has 8 heterocycles. The number of carboxylic acids is 1. The number of sulfonamides is 2. The number of pyridine rings is 2. The predicted octanol–water partition coefficient (Wildman–Crippen LogP) is 5.00. The minimum atomic E-state index is -3.78. The summed E-state index contributed by atoms with van der Waals surface area (Å²) < 4.78 is 101. The number of ether oxygens (including phenoxy) is 1. The molecule has 0 aliphatic heterocycles. The topological polar surface area (TPSA) is 313 Å². The monoisotopic (exact) mass is 1160 g/mol. The molecule has 23 nitrogen and oxygen atoms in total. The van der Waals surface area contributed by atoms with Crippen LogP contribution in [-0.4, -0.2) is 128 Å². The molecule has 0 radical (unpaired) electrons. The van der Waals surface area contributed by atoms with E-state index in [-0.39, 0.29) is 85.9 Å². The number of methoxy groups -OCH3 is 1. The zero-order chi connectivity index (χ0) is 57.7. The molecule has 8 aromatic heterocycles. The number of hydrogen-bond donors (Lipinski definition) is 3. The van der Waals surface area contributed by atoms with Crippen molar-refractivity contribution < 1.29 is 87.8 Å². The summed E-state index contributed by atoms with van der Waals surface area (Å²) in [5, 5.41) is 15.8. The van der Waals surface area contributed by atoms with Crippen LogP contribution in [0.3, 0.4) is 0 Å². The van der Waals surface area contributed by atoms with E-state index in [2.05, 4.69) is 20.6 Å². The van der Waals surface area contributed by atoms with Gasteiger partial charge < -0.3 is 34.8 Å². The summed E-state index contributed by atoms with van der Waals surface area (Å²) >= 11 is 0. The first-order chi connectivity index (χ1) is 38.5. The SMILES string of the molecule is CNC(=O)c1c(C(=O)O)oc2cc(N(C)S(C)(=O)=O)c(-c3ccc4ncn5c6cccc(F)c6cc5c4n3)cc12.CNC(=O)c1c(C(=O)OC)oc2cc(N(C)S(C)(=O)=O)c(-c3ccc4ncn5c6cccc(F)c6cc5c4n3)cc12.[Li+].[OH-]. The molecule has 0 unspecified atom stereocenters. The van der Waals surface area contributed by atoms with Crippen LogP contribution < -0.4 is 38.1 Å². The number of aromatic nitrogens is 6. The fraction of sp³-hybridized carbons (Fsp3) is 0.127. The quantitative estimate of drug-likeness (QED) is 0.120. The molecule has 0 saturated carbocycles. The van der Waals surface area contributed by atoms with E-state index >= 15 is 0 Å². The minimum absolute atomic E-state index is 0. The molecule has 0 spiro atoms. The van der Waals surface area contributed by atoms with Gasteiger partial charge in [0, 0.05) is 73.0 Å². The number of esters is 1. The Labute approximate surface area is 479 Å². The van der Waals surface area contributed by atoms with Gasteiger partial charge in [-0.2, -0.15) is 0 Å². The Morgan fingerprint density at radius 2 is 1.01 bits per heavy atom. The van der Waals surface area contributed by atoms with Gasteiger partial charge in [-0.1, -0.05) is 12.1 Å². The first-order valence-electron chi connectivity index (χ1n) is 24.1. The standard InChI is InChI=1S/C28H22FN5O6S.C27H20FN5O6S.Li.H2O/c1-30-27(35)24-16-10-15(21(33(2)41(4,37)38)12-23(16)40-26(24)28(36)39-3)18-8-9-19-25(32-18)22-11-14-17(29)6-5-7-20(14)34(22)13-31-19;1-29-26(34)23-15-9-14(20(32(2)40(3,37)38)11-22(15)39-25(23)27(35)36)17-7-8-18-24(31-17)21-10-13-16(28)5-4-6-19(13)33(21)12-30-18;;/h5-13H,1-4H3,(H,30,35);4-12H,1-3H3,(H,29,34)(H,35,36);;1H2/q;;+1;/p-1. The van der Waals surface area contributed by atoms with Gasteiger partial charge in [0.2, 0.25) is 31.6 Å². The number of aromatic carboxylic acids is 1. The normalized spacial score (nSPS) is 11.7. The fourth-order valence-electron chi connectivity index (χ4n) is 9.71. The van der Waals surface area contributed by atoms with Crippen LogP contribution in [0.4, 0.5) is 20.2 Å². The molecular weight excluding hydrogens is 1120 g/mol. The maximum Gasteiger partial charge on any atom is 1.00 e. The smallest absolute Gasteiger partial charge is 0.870 e. The van der Waals surface area contributed by atoms with Crippen molar-refractivity contribution in [2.24, 2.45) is 0 Å². The van der Waals surface area contributed by atoms with Crippen molar-refractivity contribution in [3.63, 3.8) is 0 Å². The number of hydrogen-bond acceptors (Lipinski definition) is 16. The zero-order valence-electron chi connectivity index (χ0n) is 44.9. The van der Waals surface area contributed by atoms with Crippen molar-refractivity contribution in [1.29, 1.82) is 0 Å². The first kappa shape index (κ1) is 58.1. The van der Waals surface area contributed by atoms with Crippen molar-refractivity contribution in [3.8, 4) is 22.5 Å². The average Bonchev–Trinajstić information content (AvgIpc) is 2.40. The van der Waals surface area contributed by atoms with Crippen molar-refractivity contribution in [1.82, 2.24) is 39.4 Å². The summed E-state index contributed by atoms with van der Waals surface area (Å²) in [6, 6.07) is 25.3. The van der Waals surface area contributed by atoms with E-state index in [0.29, 0.717) is 71.9 Å². The van der Waals surface area contributed by atoms with Crippen LogP contribution >= 0.6 is 0 Å². The van der Waals surface area contributed by atoms with Gasteiger partial charge in [0.05, 0.1) is 75.5 Å². The van der Waals surface area contributed by atoms with Gasteiger partial charge in [0.25, 0.3) is 11.8 Å². The summed E-state index contributed by atoms with van der Waals surface area (Å²) in [4.78, 5) is 68.4. The number of benzene rings is 4.